The molecule has 3 heterocycles. The summed E-state index contributed by atoms with van der Waals surface area (Å²) in [5.41, 5.74) is 3.62. The molecule has 0 bridgehead atoms. The van der Waals surface area contributed by atoms with Gasteiger partial charge >= 0.3 is 0 Å². The van der Waals surface area contributed by atoms with Crippen LogP contribution in [-0.2, 0) is 18.3 Å². The number of aromatic nitrogens is 4. The summed E-state index contributed by atoms with van der Waals surface area (Å²) in [7, 11) is 1.92. The first-order valence-electron chi connectivity index (χ1n) is 10.2. The average Bonchev–Trinajstić information content (AvgIpc) is 3.28. The Hall–Kier alpha value is -2.65. The molecule has 1 aliphatic rings. The number of carbonyl (C=O) groups is 1. The maximum Gasteiger partial charge on any atom is 0.227 e. The van der Waals surface area contributed by atoms with Crippen molar-refractivity contribution in [3.05, 3.63) is 58.7 Å². The van der Waals surface area contributed by atoms with Gasteiger partial charge in [-0.2, -0.15) is 0 Å². The van der Waals surface area contributed by atoms with E-state index < -0.39 is 0 Å². The highest BCUT2D eigenvalue weighted by atomic mass is 32.2. The van der Waals surface area contributed by atoms with Gasteiger partial charge in [0.15, 0.2) is 10.9 Å². The molecule has 164 valence electrons. The van der Waals surface area contributed by atoms with Crippen molar-refractivity contribution < 1.29 is 13.9 Å². The first-order valence-corrected chi connectivity index (χ1v) is 11.2. The predicted molar refractivity (Wildman–Crippen MR) is 118 cm³/mol. The van der Waals surface area contributed by atoms with Crippen molar-refractivity contribution in [3.8, 4) is 0 Å². The highest BCUT2D eigenvalue weighted by Crippen LogP contribution is 2.24. The number of rotatable bonds is 7. The minimum absolute atomic E-state index is 0.0550. The summed E-state index contributed by atoms with van der Waals surface area (Å²) < 4.78 is 22.6. The van der Waals surface area contributed by atoms with Crippen molar-refractivity contribution in [1.82, 2.24) is 19.3 Å². The number of benzene rings is 1. The minimum Gasteiger partial charge on any atom is -0.378 e. The molecule has 3 aromatic rings. The number of hydrogen-bond donors (Lipinski definition) is 0. The summed E-state index contributed by atoms with van der Waals surface area (Å²) in [6.45, 7) is 7.48. The van der Waals surface area contributed by atoms with E-state index in [1.54, 1.807) is 12.1 Å². The van der Waals surface area contributed by atoms with Gasteiger partial charge in [-0.1, -0.05) is 23.9 Å². The lowest BCUT2D eigenvalue weighted by Crippen LogP contribution is -2.37. The maximum absolute atomic E-state index is 13.2. The first-order chi connectivity index (χ1) is 14.9. The van der Waals surface area contributed by atoms with E-state index in [1.807, 2.05) is 31.5 Å². The Morgan fingerprint density at radius 3 is 2.58 bits per heavy atom. The molecule has 1 aromatic carbocycles. The average molecular weight is 444 g/mol. The Balaban J connectivity index is 1.43. The quantitative estimate of drug-likeness (QED) is 0.413. The first kappa shape index (κ1) is 21.6. The van der Waals surface area contributed by atoms with Crippen LogP contribution in [0.1, 0.15) is 27.3 Å². The number of ether oxygens (including phenoxy) is 1. The van der Waals surface area contributed by atoms with Crippen LogP contribution >= 0.6 is 11.8 Å². The molecule has 0 spiro atoms. The molecule has 1 saturated heterocycles. The second-order valence-electron chi connectivity index (χ2n) is 7.65. The van der Waals surface area contributed by atoms with Gasteiger partial charge in [-0.3, -0.25) is 9.36 Å². The van der Waals surface area contributed by atoms with E-state index in [1.165, 1.54) is 23.9 Å². The molecule has 1 aliphatic heterocycles. The van der Waals surface area contributed by atoms with Crippen LogP contribution in [0, 0.1) is 19.7 Å². The maximum atomic E-state index is 13.2. The minimum atomic E-state index is -0.252. The number of anilines is 1. The summed E-state index contributed by atoms with van der Waals surface area (Å²) in [6.07, 6.45) is 0. The number of halogens is 1. The van der Waals surface area contributed by atoms with Crippen LogP contribution in [-0.4, -0.2) is 57.2 Å². The summed E-state index contributed by atoms with van der Waals surface area (Å²) >= 11 is 1.40. The second kappa shape index (κ2) is 9.23. The normalized spacial score (nSPS) is 14.3. The van der Waals surface area contributed by atoms with E-state index in [0.29, 0.717) is 25.3 Å². The third-order valence-corrected chi connectivity index (χ3v) is 6.59. The van der Waals surface area contributed by atoms with Crippen LogP contribution < -0.4 is 4.90 Å². The smallest absolute Gasteiger partial charge is 0.227 e. The lowest BCUT2D eigenvalue weighted by molar-refractivity contribution is 0.102. The van der Waals surface area contributed by atoms with Gasteiger partial charge in [-0.05, 0) is 37.6 Å². The summed E-state index contributed by atoms with van der Waals surface area (Å²) in [4.78, 5) is 15.1. The summed E-state index contributed by atoms with van der Waals surface area (Å²) in [5, 5.41) is 9.29. The van der Waals surface area contributed by atoms with Crippen LogP contribution in [0.2, 0.25) is 0 Å². The lowest BCUT2D eigenvalue weighted by Gasteiger charge is -2.27. The Kier molecular flexibility index (Phi) is 6.43. The number of hydrogen-bond acceptors (Lipinski definition) is 6. The molecule has 0 radical (unpaired) electrons. The van der Waals surface area contributed by atoms with Gasteiger partial charge < -0.3 is 14.2 Å². The molecule has 9 heteroatoms. The van der Waals surface area contributed by atoms with E-state index in [-0.39, 0.29) is 17.4 Å². The van der Waals surface area contributed by atoms with Gasteiger partial charge in [0.05, 0.1) is 19.0 Å². The molecular weight excluding hydrogens is 417 g/mol. The van der Waals surface area contributed by atoms with Crippen molar-refractivity contribution in [2.75, 3.05) is 37.0 Å². The number of thioether (sulfide) groups is 1. The van der Waals surface area contributed by atoms with Crippen LogP contribution in [0.3, 0.4) is 0 Å². The van der Waals surface area contributed by atoms with Crippen molar-refractivity contribution in [1.29, 1.82) is 0 Å². The molecule has 2 aromatic heterocycles. The number of nitrogens with zero attached hydrogens (tertiary/aromatic N) is 5. The van der Waals surface area contributed by atoms with Crippen LogP contribution in [0.5, 0.6) is 0 Å². The van der Waals surface area contributed by atoms with E-state index in [2.05, 4.69) is 19.7 Å². The van der Waals surface area contributed by atoms with E-state index in [0.717, 1.165) is 41.1 Å². The Morgan fingerprint density at radius 1 is 1.16 bits per heavy atom. The van der Waals surface area contributed by atoms with Gasteiger partial charge in [-0.25, -0.2) is 4.39 Å². The number of Topliss-reactive ketones (excluding diaryl/α,β-unsaturated/α-hetero) is 1. The van der Waals surface area contributed by atoms with Gasteiger partial charge in [0.1, 0.15) is 5.82 Å². The summed E-state index contributed by atoms with van der Waals surface area (Å²) in [6, 6.07) is 8.38. The molecule has 7 nitrogen and oxygen atoms in total. The van der Waals surface area contributed by atoms with Crippen molar-refractivity contribution in [2.24, 2.45) is 7.05 Å². The lowest BCUT2D eigenvalue weighted by atomic mass is 10.2. The molecule has 0 unspecified atom stereocenters. The molecule has 0 aliphatic carbocycles. The Labute approximate surface area is 185 Å². The number of ketones is 1. The SMILES string of the molecule is Cc1cc(C(=O)CSc2nnc(N3CCOCC3)n2C)c(C)n1Cc1ccc(F)cc1. The van der Waals surface area contributed by atoms with Gasteiger partial charge in [0.25, 0.3) is 0 Å². The Bertz CT molecular complexity index is 1070. The van der Waals surface area contributed by atoms with Crippen molar-refractivity contribution in [2.45, 2.75) is 25.5 Å². The highest BCUT2D eigenvalue weighted by molar-refractivity contribution is 7.99. The number of carbonyl (C=O) groups excluding carboxylic acids is 1. The standard InChI is InChI=1S/C22H26FN5O2S/c1-15-12-19(16(2)28(15)13-17-4-6-18(23)7-5-17)20(29)14-31-22-25-24-21(26(22)3)27-8-10-30-11-9-27/h4-7,12H,8-11,13-14H2,1-3H3. The van der Waals surface area contributed by atoms with E-state index in [9.17, 15) is 9.18 Å². The molecule has 1 fully saturated rings. The number of aryl methyl sites for hydroxylation is 1. The van der Waals surface area contributed by atoms with Crippen LogP contribution in [0.15, 0.2) is 35.5 Å². The number of morpholine rings is 1. The van der Waals surface area contributed by atoms with Gasteiger partial charge in [-0.15, -0.1) is 10.2 Å². The van der Waals surface area contributed by atoms with Crippen LogP contribution in [0.4, 0.5) is 10.3 Å². The van der Waals surface area contributed by atoms with Gasteiger partial charge in [0, 0.05) is 43.6 Å². The topological polar surface area (TPSA) is 65.2 Å². The zero-order chi connectivity index (χ0) is 22.0. The fourth-order valence-electron chi connectivity index (χ4n) is 3.78. The predicted octanol–water partition coefficient (Wildman–Crippen LogP) is 3.23. The van der Waals surface area contributed by atoms with Crippen molar-refractivity contribution >= 4 is 23.5 Å². The second-order valence-corrected chi connectivity index (χ2v) is 8.59. The zero-order valence-electron chi connectivity index (χ0n) is 18.0. The van der Waals surface area contributed by atoms with E-state index in [4.69, 9.17) is 4.74 Å². The highest BCUT2D eigenvalue weighted by Gasteiger charge is 2.21. The fraction of sp³-hybridized carbons (Fsp3) is 0.409. The van der Waals surface area contributed by atoms with Gasteiger partial charge in [0.2, 0.25) is 5.95 Å². The molecule has 4 rings (SSSR count). The Morgan fingerprint density at radius 2 is 1.87 bits per heavy atom. The molecule has 31 heavy (non-hydrogen) atoms. The third-order valence-electron chi connectivity index (χ3n) is 5.57. The molecule has 0 amide bonds. The molecule has 0 N–H and O–H groups in total. The van der Waals surface area contributed by atoms with Crippen molar-refractivity contribution in [3.63, 3.8) is 0 Å². The zero-order valence-corrected chi connectivity index (χ0v) is 18.8. The molecule has 0 atom stereocenters. The monoisotopic (exact) mass is 443 g/mol. The largest absolute Gasteiger partial charge is 0.378 e. The van der Waals surface area contributed by atoms with E-state index >= 15 is 0 Å². The van der Waals surface area contributed by atoms with Crippen LogP contribution in [0.25, 0.3) is 0 Å². The fourth-order valence-corrected chi connectivity index (χ4v) is 4.57. The third kappa shape index (κ3) is 4.67. The molecule has 0 saturated carbocycles. The summed E-state index contributed by atoms with van der Waals surface area (Å²) in [5.74, 6) is 0.892. The molecular formula is C22H26FN5O2S.